The van der Waals surface area contributed by atoms with Crippen LogP contribution in [-0.2, 0) is 12.8 Å². The molecular weight excluding hydrogens is 222 g/mol. The van der Waals surface area contributed by atoms with E-state index in [-0.39, 0.29) is 0 Å². The Balaban J connectivity index is 2.15. The summed E-state index contributed by atoms with van der Waals surface area (Å²) in [7, 11) is 1.99. The second-order valence-electron chi connectivity index (χ2n) is 4.31. The average Bonchev–Trinajstić information content (AvgIpc) is 2.46. The normalized spacial score (nSPS) is 12.3. The third kappa shape index (κ3) is 3.14. The van der Waals surface area contributed by atoms with Crippen molar-refractivity contribution in [1.82, 2.24) is 15.3 Å². The van der Waals surface area contributed by atoms with Crippen molar-refractivity contribution in [1.29, 1.82) is 0 Å². The van der Waals surface area contributed by atoms with E-state index >= 15 is 0 Å². The van der Waals surface area contributed by atoms with E-state index in [0.29, 0.717) is 6.04 Å². The molecule has 0 saturated carbocycles. The lowest BCUT2D eigenvalue weighted by Gasteiger charge is -2.16. The second-order valence-corrected chi connectivity index (χ2v) is 4.31. The standard InChI is InChI=1S/C15H19N3/c1-3-13-9-14(18-11-17-13)10-15(16-2)12-7-5-4-6-8-12/h4-9,11,15-16H,3,10H2,1-2H3. The summed E-state index contributed by atoms with van der Waals surface area (Å²) in [5, 5.41) is 3.34. The molecule has 0 fully saturated rings. The molecule has 1 N–H and O–H groups in total. The molecule has 0 spiro atoms. The molecule has 0 aliphatic carbocycles. The van der Waals surface area contributed by atoms with Crippen LogP contribution in [0.2, 0.25) is 0 Å². The largest absolute Gasteiger partial charge is 0.313 e. The van der Waals surface area contributed by atoms with E-state index in [2.05, 4.69) is 52.5 Å². The van der Waals surface area contributed by atoms with Crippen molar-refractivity contribution in [3.8, 4) is 0 Å². The molecule has 1 heterocycles. The maximum absolute atomic E-state index is 4.35. The summed E-state index contributed by atoms with van der Waals surface area (Å²) in [5.74, 6) is 0. The molecule has 1 aromatic heterocycles. The van der Waals surface area contributed by atoms with Gasteiger partial charge in [-0.2, -0.15) is 0 Å². The molecule has 94 valence electrons. The number of likely N-dealkylation sites (N-methyl/N-ethyl adjacent to an activating group) is 1. The molecule has 0 aliphatic rings. The van der Waals surface area contributed by atoms with Gasteiger partial charge >= 0.3 is 0 Å². The van der Waals surface area contributed by atoms with E-state index in [1.54, 1.807) is 6.33 Å². The first-order valence-corrected chi connectivity index (χ1v) is 6.35. The van der Waals surface area contributed by atoms with Crippen LogP contribution in [0.5, 0.6) is 0 Å². The number of nitrogens with zero attached hydrogens (tertiary/aromatic N) is 2. The summed E-state index contributed by atoms with van der Waals surface area (Å²) in [6, 6.07) is 12.8. The van der Waals surface area contributed by atoms with E-state index in [1.165, 1.54) is 5.56 Å². The zero-order valence-electron chi connectivity index (χ0n) is 10.9. The number of aryl methyl sites for hydroxylation is 1. The Kier molecular flexibility index (Phi) is 4.42. The molecule has 1 atom stereocenters. The summed E-state index contributed by atoms with van der Waals surface area (Å²) in [4.78, 5) is 8.58. The monoisotopic (exact) mass is 241 g/mol. The highest BCUT2D eigenvalue weighted by molar-refractivity contribution is 5.21. The highest BCUT2D eigenvalue weighted by Crippen LogP contribution is 2.16. The lowest BCUT2D eigenvalue weighted by molar-refractivity contribution is 0.583. The van der Waals surface area contributed by atoms with E-state index in [9.17, 15) is 0 Å². The lowest BCUT2D eigenvalue weighted by Crippen LogP contribution is -2.19. The van der Waals surface area contributed by atoms with Crippen molar-refractivity contribution in [2.24, 2.45) is 0 Å². The Hall–Kier alpha value is -1.74. The van der Waals surface area contributed by atoms with Gasteiger partial charge in [-0.1, -0.05) is 37.3 Å². The number of rotatable bonds is 5. The Morgan fingerprint density at radius 3 is 2.50 bits per heavy atom. The third-order valence-electron chi connectivity index (χ3n) is 3.11. The minimum Gasteiger partial charge on any atom is -0.313 e. The van der Waals surface area contributed by atoms with Crippen LogP contribution in [0, 0.1) is 0 Å². The Labute approximate surface area is 108 Å². The van der Waals surface area contributed by atoms with Crippen molar-refractivity contribution in [2.45, 2.75) is 25.8 Å². The highest BCUT2D eigenvalue weighted by Gasteiger charge is 2.10. The van der Waals surface area contributed by atoms with Crippen LogP contribution in [0.15, 0.2) is 42.7 Å². The molecule has 0 saturated heterocycles. The van der Waals surface area contributed by atoms with Gasteiger partial charge in [0.05, 0.1) is 0 Å². The summed E-state index contributed by atoms with van der Waals surface area (Å²) in [6.45, 7) is 2.11. The minimum absolute atomic E-state index is 0.297. The number of benzene rings is 1. The van der Waals surface area contributed by atoms with Gasteiger partial charge in [0.25, 0.3) is 0 Å². The summed E-state index contributed by atoms with van der Waals surface area (Å²) >= 11 is 0. The van der Waals surface area contributed by atoms with Crippen LogP contribution in [0.4, 0.5) is 0 Å². The van der Waals surface area contributed by atoms with Crippen LogP contribution < -0.4 is 5.32 Å². The molecule has 3 heteroatoms. The fourth-order valence-electron chi connectivity index (χ4n) is 2.03. The Morgan fingerprint density at radius 1 is 1.11 bits per heavy atom. The van der Waals surface area contributed by atoms with Gasteiger partial charge in [-0.05, 0) is 25.1 Å². The molecular formula is C15H19N3. The summed E-state index contributed by atoms with van der Waals surface area (Å²) in [6.07, 6.45) is 3.49. The fourth-order valence-corrected chi connectivity index (χ4v) is 2.03. The van der Waals surface area contributed by atoms with Crippen molar-refractivity contribution < 1.29 is 0 Å². The molecule has 2 aromatic rings. The number of aromatic nitrogens is 2. The summed E-state index contributed by atoms with van der Waals surface area (Å²) < 4.78 is 0. The Morgan fingerprint density at radius 2 is 1.83 bits per heavy atom. The minimum atomic E-state index is 0.297. The topological polar surface area (TPSA) is 37.8 Å². The number of hydrogen-bond donors (Lipinski definition) is 1. The average molecular weight is 241 g/mol. The summed E-state index contributed by atoms with van der Waals surface area (Å²) in [5.41, 5.74) is 3.48. The van der Waals surface area contributed by atoms with Crippen LogP contribution in [-0.4, -0.2) is 17.0 Å². The molecule has 1 aromatic carbocycles. The number of nitrogens with one attached hydrogen (secondary N) is 1. The lowest BCUT2D eigenvalue weighted by atomic mass is 10.0. The quantitative estimate of drug-likeness (QED) is 0.874. The van der Waals surface area contributed by atoms with E-state index in [0.717, 1.165) is 24.2 Å². The van der Waals surface area contributed by atoms with E-state index in [4.69, 9.17) is 0 Å². The molecule has 1 unspecified atom stereocenters. The second kappa shape index (κ2) is 6.26. The van der Waals surface area contributed by atoms with Gasteiger partial charge in [0, 0.05) is 23.9 Å². The molecule has 0 radical (unpaired) electrons. The first-order chi connectivity index (χ1) is 8.83. The van der Waals surface area contributed by atoms with Gasteiger partial charge in [0.15, 0.2) is 0 Å². The maximum atomic E-state index is 4.35. The van der Waals surface area contributed by atoms with Gasteiger partial charge in [0.1, 0.15) is 6.33 Å². The SMILES string of the molecule is CCc1cc(CC(NC)c2ccccc2)ncn1. The Bertz CT molecular complexity index is 482. The van der Waals surface area contributed by atoms with Crippen LogP contribution in [0.1, 0.15) is 29.9 Å². The number of hydrogen-bond acceptors (Lipinski definition) is 3. The molecule has 0 amide bonds. The molecule has 18 heavy (non-hydrogen) atoms. The van der Waals surface area contributed by atoms with Crippen LogP contribution in [0.3, 0.4) is 0 Å². The van der Waals surface area contributed by atoms with Crippen molar-refractivity contribution in [3.05, 3.63) is 59.7 Å². The van der Waals surface area contributed by atoms with E-state index in [1.807, 2.05) is 13.1 Å². The maximum Gasteiger partial charge on any atom is 0.115 e. The molecule has 0 bridgehead atoms. The van der Waals surface area contributed by atoms with Gasteiger partial charge in [-0.25, -0.2) is 9.97 Å². The first-order valence-electron chi connectivity index (χ1n) is 6.35. The predicted octanol–water partition coefficient (Wildman–Crippen LogP) is 2.54. The fraction of sp³-hybridized carbons (Fsp3) is 0.333. The third-order valence-corrected chi connectivity index (χ3v) is 3.11. The van der Waals surface area contributed by atoms with Gasteiger partial charge < -0.3 is 5.32 Å². The van der Waals surface area contributed by atoms with Gasteiger partial charge in [-0.15, -0.1) is 0 Å². The molecule has 0 aliphatic heterocycles. The highest BCUT2D eigenvalue weighted by atomic mass is 14.9. The molecule has 3 nitrogen and oxygen atoms in total. The zero-order valence-corrected chi connectivity index (χ0v) is 10.9. The van der Waals surface area contributed by atoms with Crippen LogP contribution >= 0.6 is 0 Å². The van der Waals surface area contributed by atoms with Gasteiger partial charge in [0.2, 0.25) is 0 Å². The predicted molar refractivity (Wildman–Crippen MR) is 73.4 cm³/mol. The van der Waals surface area contributed by atoms with Crippen LogP contribution in [0.25, 0.3) is 0 Å². The van der Waals surface area contributed by atoms with Crippen molar-refractivity contribution in [2.75, 3.05) is 7.05 Å². The van der Waals surface area contributed by atoms with Gasteiger partial charge in [-0.3, -0.25) is 0 Å². The molecule has 2 rings (SSSR count). The zero-order chi connectivity index (χ0) is 12.8. The first kappa shape index (κ1) is 12.7. The van der Waals surface area contributed by atoms with Crippen molar-refractivity contribution >= 4 is 0 Å². The smallest absolute Gasteiger partial charge is 0.115 e. The van der Waals surface area contributed by atoms with Crippen molar-refractivity contribution in [3.63, 3.8) is 0 Å². The van der Waals surface area contributed by atoms with E-state index < -0.39 is 0 Å².